The quantitative estimate of drug-likeness (QED) is 0.884. The number of hydrogen-bond acceptors (Lipinski definition) is 4. The monoisotopic (exact) mass is 280 g/mol. The normalized spacial score (nSPS) is 10.0. The SMILES string of the molecule is CC(=O)Nc1cc(N)c(C#N)c(-c2ccc(C)c(C)c2)n1. The van der Waals surface area contributed by atoms with Crippen LogP contribution in [0, 0.1) is 25.2 Å². The van der Waals surface area contributed by atoms with Gasteiger partial charge in [-0.25, -0.2) is 4.98 Å². The molecule has 106 valence electrons. The predicted molar refractivity (Wildman–Crippen MR) is 82.6 cm³/mol. The van der Waals surface area contributed by atoms with E-state index < -0.39 is 0 Å². The molecule has 0 spiro atoms. The van der Waals surface area contributed by atoms with Gasteiger partial charge < -0.3 is 11.1 Å². The lowest BCUT2D eigenvalue weighted by atomic mass is 10.0. The van der Waals surface area contributed by atoms with Crippen LogP contribution in [0.1, 0.15) is 23.6 Å². The van der Waals surface area contributed by atoms with Crippen molar-refractivity contribution in [3.63, 3.8) is 0 Å². The van der Waals surface area contributed by atoms with Crippen molar-refractivity contribution in [1.82, 2.24) is 4.98 Å². The van der Waals surface area contributed by atoms with E-state index in [2.05, 4.69) is 16.4 Å². The highest BCUT2D eigenvalue weighted by atomic mass is 16.1. The topological polar surface area (TPSA) is 91.8 Å². The molecule has 0 aliphatic heterocycles. The van der Waals surface area contributed by atoms with Crippen LogP contribution in [0.2, 0.25) is 0 Å². The van der Waals surface area contributed by atoms with E-state index in [1.165, 1.54) is 13.0 Å². The Labute approximate surface area is 123 Å². The van der Waals surface area contributed by atoms with Gasteiger partial charge in [0, 0.05) is 18.6 Å². The van der Waals surface area contributed by atoms with E-state index in [-0.39, 0.29) is 5.91 Å². The van der Waals surface area contributed by atoms with Crippen molar-refractivity contribution in [1.29, 1.82) is 5.26 Å². The van der Waals surface area contributed by atoms with Gasteiger partial charge in [0.2, 0.25) is 5.91 Å². The lowest BCUT2D eigenvalue weighted by molar-refractivity contribution is -0.114. The largest absolute Gasteiger partial charge is 0.397 e. The minimum Gasteiger partial charge on any atom is -0.397 e. The molecule has 0 radical (unpaired) electrons. The van der Waals surface area contributed by atoms with Crippen LogP contribution in [0.25, 0.3) is 11.3 Å². The molecule has 1 amide bonds. The van der Waals surface area contributed by atoms with Gasteiger partial charge in [0.1, 0.15) is 17.5 Å². The van der Waals surface area contributed by atoms with Crippen molar-refractivity contribution in [3.05, 3.63) is 41.0 Å². The first kappa shape index (κ1) is 14.5. The van der Waals surface area contributed by atoms with Gasteiger partial charge in [0.15, 0.2) is 0 Å². The van der Waals surface area contributed by atoms with Crippen LogP contribution in [-0.2, 0) is 4.79 Å². The van der Waals surface area contributed by atoms with Crippen LogP contribution < -0.4 is 11.1 Å². The van der Waals surface area contributed by atoms with E-state index in [0.717, 1.165) is 16.7 Å². The zero-order valence-electron chi connectivity index (χ0n) is 12.2. The summed E-state index contributed by atoms with van der Waals surface area (Å²) in [5, 5.41) is 11.9. The highest BCUT2D eigenvalue weighted by molar-refractivity contribution is 5.89. The summed E-state index contributed by atoms with van der Waals surface area (Å²) in [5.74, 6) is 0.102. The number of carbonyl (C=O) groups is 1. The van der Waals surface area contributed by atoms with Crippen LogP contribution in [0.3, 0.4) is 0 Å². The number of rotatable bonds is 2. The van der Waals surface area contributed by atoms with Gasteiger partial charge in [0.05, 0.1) is 11.4 Å². The molecule has 1 aromatic carbocycles. The zero-order valence-corrected chi connectivity index (χ0v) is 12.2. The van der Waals surface area contributed by atoms with Gasteiger partial charge in [-0.2, -0.15) is 5.26 Å². The lowest BCUT2D eigenvalue weighted by Crippen LogP contribution is -2.09. The summed E-state index contributed by atoms with van der Waals surface area (Å²) in [4.78, 5) is 15.5. The summed E-state index contributed by atoms with van der Waals surface area (Å²) < 4.78 is 0. The number of nitrogens with zero attached hydrogens (tertiary/aromatic N) is 2. The molecule has 2 aromatic rings. The Bertz CT molecular complexity index is 760. The number of nitrogen functional groups attached to an aromatic ring is 1. The molecule has 0 unspecified atom stereocenters. The van der Waals surface area contributed by atoms with Crippen molar-refractivity contribution < 1.29 is 4.79 Å². The standard InChI is InChI=1S/C16H16N4O/c1-9-4-5-12(6-10(9)2)16-13(8-17)14(18)7-15(20-16)19-11(3)21/h4-7H,1-3H3,(H3,18,19,20,21). The van der Waals surface area contributed by atoms with Gasteiger partial charge in [-0.15, -0.1) is 0 Å². The summed E-state index contributed by atoms with van der Waals surface area (Å²) in [6.45, 7) is 5.40. The summed E-state index contributed by atoms with van der Waals surface area (Å²) in [7, 11) is 0. The van der Waals surface area contributed by atoms with Crippen molar-refractivity contribution in [2.75, 3.05) is 11.1 Å². The third-order valence-corrected chi connectivity index (χ3v) is 3.25. The number of nitrogens with one attached hydrogen (secondary N) is 1. The highest BCUT2D eigenvalue weighted by Crippen LogP contribution is 2.29. The van der Waals surface area contributed by atoms with Crippen LogP contribution in [0.15, 0.2) is 24.3 Å². The lowest BCUT2D eigenvalue weighted by Gasteiger charge is -2.11. The number of nitrogens with two attached hydrogens (primary N) is 1. The molecule has 1 heterocycles. The molecule has 0 aliphatic rings. The molecule has 0 atom stereocenters. The van der Waals surface area contributed by atoms with Crippen LogP contribution in [0.5, 0.6) is 0 Å². The fourth-order valence-corrected chi connectivity index (χ4v) is 2.02. The zero-order chi connectivity index (χ0) is 15.6. The number of aryl methyl sites for hydroxylation is 2. The molecule has 5 nitrogen and oxygen atoms in total. The summed E-state index contributed by atoms with van der Waals surface area (Å²) >= 11 is 0. The van der Waals surface area contributed by atoms with E-state index in [4.69, 9.17) is 5.73 Å². The number of aromatic nitrogens is 1. The molecule has 0 saturated heterocycles. The van der Waals surface area contributed by atoms with Gasteiger partial charge in [-0.05, 0) is 31.0 Å². The number of amides is 1. The van der Waals surface area contributed by atoms with E-state index in [1.807, 2.05) is 32.0 Å². The van der Waals surface area contributed by atoms with Crippen molar-refractivity contribution >= 4 is 17.4 Å². The molecule has 5 heteroatoms. The second-order valence-electron chi connectivity index (χ2n) is 4.91. The average Bonchev–Trinajstić information content (AvgIpc) is 2.40. The van der Waals surface area contributed by atoms with Crippen molar-refractivity contribution in [3.8, 4) is 17.3 Å². The molecule has 0 bridgehead atoms. The van der Waals surface area contributed by atoms with E-state index in [0.29, 0.717) is 22.8 Å². The number of hydrogen-bond donors (Lipinski definition) is 2. The van der Waals surface area contributed by atoms with Gasteiger partial charge in [-0.3, -0.25) is 4.79 Å². The molecule has 0 aliphatic carbocycles. The fourth-order valence-electron chi connectivity index (χ4n) is 2.02. The second kappa shape index (κ2) is 5.63. The Hall–Kier alpha value is -2.87. The molecule has 0 fully saturated rings. The Balaban J connectivity index is 2.64. The Morgan fingerprint density at radius 2 is 2.00 bits per heavy atom. The van der Waals surface area contributed by atoms with Crippen LogP contribution in [0.4, 0.5) is 11.5 Å². The predicted octanol–water partition coefficient (Wildman–Crippen LogP) is 2.78. The van der Waals surface area contributed by atoms with Gasteiger partial charge in [0.25, 0.3) is 0 Å². The molecule has 1 aromatic heterocycles. The summed E-state index contributed by atoms with van der Waals surface area (Å²) in [5.41, 5.74) is 10.0. The Morgan fingerprint density at radius 3 is 2.57 bits per heavy atom. The first-order valence-electron chi connectivity index (χ1n) is 6.48. The molecular formula is C16H16N4O. The Kier molecular flexibility index (Phi) is 3.90. The molecule has 0 saturated carbocycles. The highest BCUT2D eigenvalue weighted by Gasteiger charge is 2.13. The van der Waals surface area contributed by atoms with Crippen molar-refractivity contribution in [2.24, 2.45) is 0 Å². The van der Waals surface area contributed by atoms with E-state index >= 15 is 0 Å². The fraction of sp³-hybridized carbons (Fsp3) is 0.188. The molecule has 3 N–H and O–H groups in total. The third-order valence-electron chi connectivity index (χ3n) is 3.25. The first-order chi connectivity index (χ1) is 9.92. The maximum absolute atomic E-state index is 11.2. The van der Waals surface area contributed by atoms with Gasteiger partial charge >= 0.3 is 0 Å². The Morgan fingerprint density at radius 1 is 1.29 bits per heavy atom. The maximum Gasteiger partial charge on any atom is 0.222 e. The average molecular weight is 280 g/mol. The maximum atomic E-state index is 11.2. The number of pyridine rings is 1. The van der Waals surface area contributed by atoms with E-state index in [1.54, 1.807) is 0 Å². The minimum atomic E-state index is -0.238. The molecule has 21 heavy (non-hydrogen) atoms. The summed E-state index contributed by atoms with van der Waals surface area (Å²) in [6, 6.07) is 9.38. The number of nitriles is 1. The molecule has 2 rings (SSSR count). The second-order valence-corrected chi connectivity index (χ2v) is 4.91. The number of anilines is 2. The van der Waals surface area contributed by atoms with Gasteiger partial charge in [-0.1, -0.05) is 12.1 Å². The third kappa shape index (κ3) is 3.00. The van der Waals surface area contributed by atoms with E-state index in [9.17, 15) is 10.1 Å². The first-order valence-corrected chi connectivity index (χ1v) is 6.48. The number of carbonyl (C=O) groups excluding carboxylic acids is 1. The number of benzene rings is 1. The summed E-state index contributed by atoms with van der Waals surface area (Å²) in [6.07, 6.45) is 0. The smallest absolute Gasteiger partial charge is 0.222 e. The molecular weight excluding hydrogens is 264 g/mol. The van der Waals surface area contributed by atoms with Crippen LogP contribution >= 0.6 is 0 Å². The van der Waals surface area contributed by atoms with Crippen molar-refractivity contribution in [2.45, 2.75) is 20.8 Å². The minimum absolute atomic E-state index is 0.238. The van der Waals surface area contributed by atoms with Crippen LogP contribution in [-0.4, -0.2) is 10.9 Å².